The smallest absolute Gasteiger partial charge is 0.255 e. The van der Waals surface area contributed by atoms with Crippen molar-refractivity contribution in [2.45, 2.75) is 45.4 Å². The van der Waals surface area contributed by atoms with Crippen LogP contribution >= 0.6 is 0 Å². The SMILES string of the molecule is Cc1cccc(C(=O)NCCC2CCCCC2)c1O. The number of aryl methyl sites for hydroxylation is 1. The highest BCUT2D eigenvalue weighted by Gasteiger charge is 2.15. The average Bonchev–Trinajstić information content (AvgIpc) is 2.43. The number of benzene rings is 1. The molecule has 0 radical (unpaired) electrons. The van der Waals surface area contributed by atoms with E-state index in [-0.39, 0.29) is 11.7 Å². The summed E-state index contributed by atoms with van der Waals surface area (Å²) in [6.45, 7) is 2.50. The van der Waals surface area contributed by atoms with Gasteiger partial charge in [-0.3, -0.25) is 4.79 Å². The zero-order chi connectivity index (χ0) is 13.7. The molecule has 104 valence electrons. The van der Waals surface area contributed by atoms with Crippen LogP contribution in [0.25, 0.3) is 0 Å². The molecule has 0 aliphatic heterocycles. The van der Waals surface area contributed by atoms with Gasteiger partial charge in [0, 0.05) is 6.54 Å². The number of aromatic hydroxyl groups is 1. The second-order valence-corrected chi connectivity index (χ2v) is 5.52. The molecule has 0 atom stereocenters. The van der Waals surface area contributed by atoms with Crippen LogP contribution in [0.3, 0.4) is 0 Å². The van der Waals surface area contributed by atoms with Crippen molar-refractivity contribution in [2.75, 3.05) is 6.54 Å². The first-order valence-corrected chi connectivity index (χ1v) is 7.25. The summed E-state index contributed by atoms with van der Waals surface area (Å²) < 4.78 is 0. The van der Waals surface area contributed by atoms with Crippen LogP contribution in [0.15, 0.2) is 18.2 Å². The minimum absolute atomic E-state index is 0.0951. The molecule has 1 amide bonds. The van der Waals surface area contributed by atoms with E-state index in [1.807, 2.05) is 0 Å². The molecule has 0 unspecified atom stereocenters. The van der Waals surface area contributed by atoms with Crippen LogP contribution in [0.1, 0.15) is 54.4 Å². The third kappa shape index (κ3) is 3.72. The molecule has 3 heteroatoms. The highest BCUT2D eigenvalue weighted by atomic mass is 16.3. The first-order valence-electron chi connectivity index (χ1n) is 7.25. The molecule has 1 aliphatic carbocycles. The predicted octanol–water partition coefficient (Wildman–Crippen LogP) is 3.40. The monoisotopic (exact) mass is 261 g/mol. The number of hydrogen-bond acceptors (Lipinski definition) is 2. The summed E-state index contributed by atoms with van der Waals surface area (Å²) in [5.41, 5.74) is 1.11. The fourth-order valence-electron chi connectivity index (χ4n) is 2.80. The lowest BCUT2D eigenvalue weighted by molar-refractivity contribution is 0.0947. The van der Waals surface area contributed by atoms with Gasteiger partial charge < -0.3 is 10.4 Å². The van der Waals surface area contributed by atoms with E-state index in [2.05, 4.69) is 5.32 Å². The van der Waals surface area contributed by atoms with E-state index in [1.54, 1.807) is 25.1 Å². The molecule has 19 heavy (non-hydrogen) atoms. The first-order chi connectivity index (χ1) is 9.18. The fraction of sp³-hybridized carbons (Fsp3) is 0.562. The van der Waals surface area contributed by atoms with E-state index in [4.69, 9.17) is 0 Å². The van der Waals surface area contributed by atoms with Crippen molar-refractivity contribution in [3.63, 3.8) is 0 Å². The number of phenols is 1. The van der Waals surface area contributed by atoms with Crippen molar-refractivity contribution in [1.82, 2.24) is 5.32 Å². The molecule has 2 N–H and O–H groups in total. The maximum absolute atomic E-state index is 12.0. The Morgan fingerprint density at radius 2 is 2.05 bits per heavy atom. The molecule has 0 saturated heterocycles. The highest BCUT2D eigenvalue weighted by molar-refractivity contribution is 5.97. The number of hydrogen-bond donors (Lipinski definition) is 2. The standard InChI is InChI=1S/C16H23NO2/c1-12-6-5-9-14(15(12)18)16(19)17-11-10-13-7-3-2-4-8-13/h5-6,9,13,18H,2-4,7-8,10-11H2,1H3,(H,17,19). The number of nitrogens with one attached hydrogen (secondary N) is 1. The molecule has 0 aromatic heterocycles. The largest absolute Gasteiger partial charge is 0.507 e. The van der Waals surface area contributed by atoms with Crippen LogP contribution in [-0.2, 0) is 0 Å². The molecule has 2 rings (SSSR count). The molecule has 0 spiro atoms. The van der Waals surface area contributed by atoms with Crippen molar-refractivity contribution in [3.8, 4) is 5.75 Å². The molecule has 1 aromatic carbocycles. The summed E-state index contributed by atoms with van der Waals surface area (Å²) in [6, 6.07) is 5.26. The van der Waals surface area contributed by atoms with Crippen molar-refractivity contribution >= 4 is 5.91 Å². The number of phenolic OH excluding ortho intramolecular Hbond substituents is 1. The molecular weight excluding hydrogens is 238 g/mol. The Balaban J connectivity index is 1.82. The molecule has 0 bridgehead atoms. The number of carbonyl (C=O) groups is 1. The van der Waals surface area contributed by atoms with Gasteiger partial charge in [-0.2, -0.15) is 0 Å². The van der Waals surface area contributed by atoms with Crippen LogP contribution in [0.2, 0.25) is 0 Å². The van der Waals surface area contributed by atoms with E-state index < -0.39 is 0 Å². The van der Waals surface area contributed by atoms with Crippen molar-refractivity contribution in [3.05, 3.63) is 29.3 Å². The van der Waals surface area contributed by atoms with Crippen LogP contribution < -0.4 is 5.32 Å². The molecule has 1 fully saturated rings. The summed E-state index contributed by atoms with van der Waals surface area (Å²) in [7, 11) is 0. The quantitative estimate of drug-likeness (QED) is 0.872. The zero-order valence-electron chi connectivity index (χ0n) is 11.6. The number of para-hydroxylation sites is 1. The second kappa shape index (κ2) is 6.60. The zero-order valence-corrected chi connectivity index (χ0v) is 11.6. The lowest BCUT2D eigenvalue weighted by Crippen LogP contribution is -2.26. The van der Waals surface area contributed by atoms with Crippen LogP contribution in [0.5, 0.6) is 5.75 Å². The Morgan fingerprint density at radius 3 is 2.79 bits per heavy atom. The molecular formula is C16H23NO2. The number of amides is 1. The van der Waals surface area contributed by atoms with Crippen molar-refractivity contribution in [2.24, 2.45) is 5.92 Å². The van der Waals surface area contributed by atoms with Crippen LogP contribution in [-0.4, -0.2) is 17.6 Å². The highest BCUT2D eigenvalue weighted by Crippen LogP contribution is 2.26. The van der Waals surface area contributed by atoms with E-state index in [1.165, 1.54) is 32.1 Å². The summed E-state index contributed by atoms with van der Waals surface area (Å²) in [5, 5.41) is 12.8. The van der Waals surface area contributed by atoms with Crippen LogP contribution in [0, 0.1) is 12.8 Å². The predicted molar refractivity (Wildman–Crippen MR) is 76.4 cm³/mol. The number of carbonyl (C=O) groups excluding carboxylic acids is 1. The van der Waals surface area contributed by atoms with Gasteiger partial charge in [-0.05, 0) is 30.9 Å². The Kier molecular flexibility index (Phi) is 4.83. The minimum Gasteiger partial charge on any atom is -0.507 e. The molecule has 1 aliphatic rings. The Morgan fingerprint density at radius 1 is 1.32 bits per heavy atom. The molecule has 1 saturated carbocycles. The van der Waals surface area contributed by atoms with E-state index in [0.29, 0.717) is 12.1 Å². The molecule has 3 nitrogen and oxygen atoms in total. The number of rotatable bonds is 4. The van der Waals surface area contributed by atoms with Gasteiger partial charge in [0.1, 0.15) is 5.75 Å². The maximum atomic E-state index is 12.0. The summed E-state index contributed by atoms with van der Waals surface area (Å²) in [6.07, 6.45) is 7.67. The van der Waals surface area contributed by atoms with Gasteiger partial charge in [0.05, 0.1) is 5.56 Å². The molecule has 0 heterocycles. The minimum atomic E-state index is -0.169. The third-order valence-corrected chi connectivity index (χ3v) is 4.05. The fourth-order valence-corrected chi connectivity index (χ4v) is 2.80. The maximum Gasteiger partial charge on any atom is 0.255 e. The Bertz CT molecular complexity index is 436. The second-order valence-electron chi connectivity index (χ2n) is 5.52. The van der Waals surface area contributed by atoms with E-state index >= 15 is 0 Å². The van der Waals surface area contributed by atoms with Crippen LogP contribution in [0.4, 0.5) is 0 Å². The Hall–Kier alpha value is -1.51. The van der Waals surface area contributed by atoms with Gasteiger partial charge in [-0.1, -0.05) is 44.2 Å². The lowest BCUT2D eigenvalue weighted by Gasteiger charge is -2.21. The third-order valence-electron chi connectivity index (χ3n) is 4.05. The topological polar surface area (TPSA) is 49.3 Å². The van der Waals surface area contributed by atoms with Gasteiger partial charge >= 0.3 is 0 Å². The summed E-state index contributed by atoms with van der Waals surface area (Å²) in [5.74, 6) is 0.690. The van der Waals surface area contributed by atoms with Crippen molar-refractivity contribution < 1.29 is 9.90 Å². The van der Waals surface area contributed by atoms with E-state index in [9.17, 15) is 9.90 Å². The Labute approximate surface area is 115 Å². The average molecular weight is 261 g/mol. The summed E-state index contributed by atoms with van der Waals surface area (Å²) in [4.78, 5) is 12.0. The van der Waals surface area contributed by atoms with Crippen molar-refractivity contribution in [1.29, 1.82) is 0 Å². The van der Waals surface area contributed by atoms with Gasteiger partial charge in [-0.25, -0.2) is 0 Å². The van der Waals surface area contributed by atoms with E-state index in [0.717, 1.165) is 17.9 Å². The molecule has 1 aromatic rings. The summed E-state index contributed by atoms with van der Waals surface area (Å²) >= 11 is 0. The first kappa shape index (κ1) is 13.9. The normalized spacial score (nSPS) is 16.3. The van der Waals surface area contributed by atoms with Gasteiger partial charge in [0.2, 0.25) is 0 Å². The van der Waals surface area contributed by atoms with Gasteiger partial charge in [0.15, 0.2) is 0 Å². The lowest BCUT2D eigenvalue weighted by atomic mass is 9.87. The van der Waals surface area contributed by atoms with Gasteiger partial charge in [0.25, 0.3) is 5.91 Å². The van der Waals surface area contributed by atoms with Gasteiger partial charge in [-0.15, -0.1) is 0 Å².